The zero-order valence-corrected chi connectivity index (χ0v) is 23.5. The van der Waals surface area contributed by atoms with Crippen LogP contribution in [0.4, 0.5) is 37.5 Å². The van der Waals surface area contributed by atoms with E-state index in [1.165, 1.54) is 23.5 Å². The molecule has 1 aliphatic heterocycles. The van der Waals surface area contributed by atoms with Gasteiger partial charge in [0.2, 0.25) is 0 Å². The third-order valence-electron chi connectivity index (χ3n) is 6.45. The summed E-state index contributed by atoms with van der Waals surface area (Å²) >= 11 is 1.38. The van der Waals surface area contributed by atoms with Gasteiger partial charge >= 0.3 is 6.03 Å². The molecule has 0 aliphatic carbocycles. The van der Waals surface area contributed by atoms with Crippen molar-refractivity contribution in [3.05, 3.63) is 53.9 Å². The second-order valence-electron chi connectivity index (χ2n) is 9.45. The van der Waals surface area contributed by atoms with Gasteiger partial charge in [-0.05, 0) is 37.6 Å². The van der Waals surface area contributed by atoms with E-state index in [-0.39, 0.29) is 11.5 Å². The van der Waals surface area contributed by atoms with Crippen LogP contribution in [0.15, 0.2) is 41.1 Å². The van der Waals surface area contributed by atoms with E-state index < -0.39 is 11.8 Å². The summed E-state index contributed by atoms with van der Waals surface area (Å²) in [5.41, 5.74) is 0.686. The highest BCUT2D eigenvalue weighted by Gasteiger charge is 2.19. The highest BCUT2D eigenvalue weighted by atomic mass is 32.1. The predicted molar refractivity (Wildman–Crippen MR) is 155 cm³/mol. The Bertz CT molecular complexity index is 1470. The van der Waals surface area contributed by atoms with E-state index in [4.69, 9.17) is 4.52 Å². The molecule has 11 nitrogen and oxygen atoms in total. The van der Waals surface area contributed by atoms with Crippen molar-refractivity contribution in [2.24, 2.45) is 0 Å². The van der Waals surface area contributed by atoms with Crippen molar-refractivity contribution in [1.29, 1.82) is 0 Å². The average molecular weight is 566 g/mol. The lowest BCUT2D eigenvalue weighted by Gasteiger charge is -2.35. The summed E-state index contributed by atoms with van der Waals surface area (Å²) in [6.07, 6.45) is 3.49. The van der Waals surface area contributed by atoms with Crippen LogP contribution in [0, 0.1) is 12.7 Å². The fourth-order valence-corrected chi connectivity index (χ4v) is 5.27. The average Bonchev–Trinajstić information content (AvgIpc) is 3.59. The third kappa shape index (κ3) is 6.72. The first kappa shape index (κ1) is 27.5. The van der Waals surface area contributed by atoms with Crippen LogP contribution in [-0.4, -0.2) is 63.8 Å². The molecule has 4 aromatic rings. The lowest BCUT2D eigenvalue weighted by atomic mass is 10.2. The zero-order valence-electron chi connectivity index (χ0n) is 22.7. The Balaban J connectivity index is 1.22. The van der Waals surface area contributed by atoms with Crippen LogP contribution < -0.4 is 20.9 Å². The molecule has 0 atom stereocenters. The number of anilines is 5. The molecule has 0 radical (unpaired) electrons. The number of piperazine rings is 1. The number of rotatable bonds is 9. The van der Waals surface area contributed by atoms with Crippen LogP contribution in [0.2, 0.25) is 0 Å². The number of thiazole rings is 1. The quantitative estimate of drug-likeness (QED) is 0.241. The maximum Gasteiger partial charge on any atom is 0.325 e. The lowest BCUT2D eigenvalue weighted by molar-refractivity contribution is 0.258. The van der Waals surface area contributed by atoms with Gasteiger partial charge in [-0.15, -0.1) is 0 Å². The molecule has 5 rings (SSSR count). The SMILES string of the molecule is CCCN1CCN(c2cc(Nc3ncc(-c4ccc(NC(=O)Nc5cc(CC)on5)c(F)c4)s3)nc(C)n2)CC1. The first-order valence-corrected chi connectivity index (χ1v) is 14.1. The van der Waals surface area contributed by atoms with Crippen molar-refractivity contribution < 1.29 is 13.7 Å². The Labute approximate surface area is 235 Å². The number of hydrogen-bond donors (Lipinski definition) is 3. The molecule has 3 N–H and O–H groups in total. The number of aromatic nitrogens is 4. The van der Waals surface area contributed by atoms with E-state index in [1.54, 1.807) is 18.3 Å². The van der Waals surface area contributed by atoms with Gasteiger partial charge in [-0.3, -0.25) is 10.2 Å². The van der Waals surface area contributed by atoms with Crippen LogP contribution in [0.25, 0.3) is 10.4 Å². The molecule has 0 spiro atoms. The maximum absolute atomic E-state index is 14.8. The molecule has 3 aromatic heterocycles. The molecule has 1 fully saturated rings. The zero-order chi connectivity index (χ0) is 28.1. The fraction of sp³-hybridized carbons (Fsp3) is 0.370. The van der Waals surface area contributed by atoms with Gasteiger partial charge in [-0.25, -0.2) is 24.1 Å². The minimum Gasteiger partial charge on any atom is -0.359 e. The Morgan fingerprint density at radius 3 is 2.62 bits per heavy atom. The van der Waals surface area contributed by atoms with E-state index in [0.29, 0.717) is 34.5 Å². The first-order chi connectivity index (χ1) is 19.4. The Kier molecular flexibility index (Phi) is 8.51. The summed E-state index contributed by atoms with van der Waals surface area (Å²) in [7, 11) is 0. The van der Waals surface area contributed by atoms with Gasteiger partial charge in [0, 0.05) is 50.9 Å². The van der Waals surface area contributed by atoms with Crippen LogP contribution in [0.1, 0.15) is 31.9 Å². The van der Waals surface area contributed by atoms with Gasteiger partial charge in [0.25, 0.3) is 0 Å². The number of amides is 2. The molecule has 1 saturated heterocycles. The third-order valence-corrected chi connectivity index (χ3v) is 7.41. The Hall–Kier alpha value is -4.10. The monoisotopic (exact) mass is 565 g/mol. The molecule has 4 heterocycles. The largest absolute Gasteiger partial charge is 0.359 e. The molecule has 1 aliphatic rings. The second kappa shape index (κ2) is 12.4. The molecule has 0 saturated carbocycles. The fourth-order valence-electron chi connectivity index (χ4n) is 4.45. The topological polar surface area (TPSA) is 124 Å². The second-order valence-corrected chi connectivity index (χ2v) is 10.5. The van der Waals surface area contributed by atoms with Crippen LogP contribution in [0.3, 0.4) is 0 Å². The molecule has 2 amide bonds. The molecule has 13 heteroatoms. The van der Waals surface area contributed by atoms with Gasteiger partial charge < -0.3 is 20.1 Å². The smallest absolute Gasteiger partial charge is 0.325 e. The summed E-state index contributed by atoms with van der Waals surface area (Å²) < 4.78 is 19.9. The molecule has 0 unspecified atom stereocenters. The molecule has 40 heavy (non-hydrogen) atoms. The number of hydrogen-bond acceptors (Lipinski definition) is 10. The van der Waals surface area contributed by atoms with Crippen molar-refractivity contribution in [3.8, 4) is 10.4 Å². The van der Waals surface area contributed by atoms with Crippen LogP contribution >= 0.6 is 11.3 Å². The van der Waals surface area contributed by atoms with Gasteiger partial charge in [0.1, 0.15) is 29.0 Å². The molecular weight excluding hydrogens is 533 g/mol. The maximum atomic E-state index is 14.8. The van der Waals surface area contributed by atoms with E-state index in [0.717, 1.165) is 49.8 Å². The van der Waals surface area contributed by atoms with Gasteiger partial charge in [0.05, 0.1) is 10.6 Å². The van der Waals surface area contributed by atoms with Crippen LogP contribution in [-0.2, 0) is 6.42 Å². The molecule has 210 valence electrons. The summed E-state index contributed by atoms with van der Waals surface area (Å²) in [6.45, 7) is 11.0. The van der Waals surface area contributed by atoms with Crippen LogP contribution in [0.5, 0.6) is 0 Å². The normalized spacial score (nSPS) is 13.8. The number of nitrogens with zero attached hydrogens (tertiary/aromatic N) is 6. The van der Waals surface area contributed by atoms with Crippen molar-refractivity contribution >= 4 is 45.6 Å². The van der Waals surface area contributed by atoms with Crippen molar-refractivity contribution in [3.63, 3.8) is 0 Å². The van der Waals surface area contributed by atoms with E-state index in [9.17, 15) is 9.18 Å². The van der Waals surface area contributed by atoms with Gasteiger partial charge in [0.15, 0.2) is 10.9 Å². The minimum atomic E-state index is -0.616. The number of benzene rings is 1. The number of nitrogens with one attached hydrogen (secondary N) is 3. The molecule has 0 bridgehead atoms. The van der Waals surface area contributed by atoms with Crippen molar-refractivity contribution in [1.82, 2.24) is 25.0 Å². The summed E-state index contributed by atoms with van der Waals surface area (Å²) in [4.78, 5) is 31.4. The van der Waals surface area contributed by atoms with Gasteiger partial charge in [-0.1, -0.05) is 36.4 Å². The lowest BCUT2D eigenvalue weighted by Crippen LogP contribution is -2.46. The van der Waals surface area contributed by atoms with Gasteiger partial charge in [-0.2, -0.15) is 0 Å². The summed E-state index contributed by atoms with van der Waals surface area (Å²) in [5, 5.41) is 12.7. The Morgan fingerprint density at radius 2 is 1.90 bits per heavy atom. The predicted octanol–water partition coefficient (Wildman–Crippen LogP) is 5.52. The van der Waals surface area contributed by atoms with E-state index in [2.05, 4.69) is 52.8 Å². The van der Waals surface area contributed by atoms with E-state index in [1.807, 2.05) is 19.9 Å². The molecule has 1 aromatic carbocycles. The highest BCUT2D eigenvalue weighted by Crippen LogP contribution is 2.32. The number of carbonyl (C=O) groups is 1. The summed E-state index contributed by atoms with van der Waals surface area (Å²) in [6, 6.07) is 7.55. The Morgan fingerprint density at radius 1 is 1.07 bits per heavy atom. The standard InChI is InChI=1S/C27H32FN9O2S/c1-4-8-36-9-11-37(12-10-36)25-15-23(30-17(3)31-25)34-27-29-16-22(40-27)18-6-7-21(20(28)13-18)32-26(38)33-24-14-19(5-2)39-35-24/h6-7,13-16H,4-5,8-12H2,1-3H3,(H,29,30,31,34)(H2,32,33,35,38). The first-order valence-electron chi connectivity index (χ1n) is 13.3. The number of urea groups is 1. The van der Waals surface area contributed by atoms with Crippen molar-refractivity contribution in [2.75, 3.05) is 53.6 Å². The number of halogens is 1. The summed E-state index contributed by atoms with van der Waals surface area (Å²) in [5.74, 6) is 2.56. The molecular formula is C27H32FN9O2S. The minimum absolute atomic E-state index is 0.0443. The highest BCUT2D eigenvalue weighted by molar-refractivity contribution is 7.18. The van der Waals surface area contributed by atoms with E-state index >= 15 is 0 Å². The number of carbonyl (C=O) groups excluding carboxylic acids is 1. The van der Waals surface area contributed by atoms with Crippen molar-refractivity contribution in [2.45, 2.75) is 33.6 Å². The number of aryl methyl sites for hydroxylation is 2.